The average Bonchev–Trinajstić information content (AvgIpc) is 3.44. The van der Waals surface area contributed by atoms with Crippen LogP contribution in [-0.2, 0) is 15.6 Å². The second kappa shape index (κ2) is 14.5. The van der Waals surface area contributed by atoms with Gasteiger partial charge in [-0.05, 0) is 74.7 Å². The number of carbonyl (C=O) groups is 1. The van der Waals surface area contributed by atoms with Crippen molar-refractivity contribution >= 4 is 45.0 Å². The third kappa shape index (κ3) is 8.34. The summed E-state index contributed by atoms with van der Waals surface area (Å²) in [6.07, 6.45) is 0. The number of sulfone groups is 1. The number of rotatable bonds is 13. The summed E-state index contributed by atoms with van der Waals surface area (Å²) in [5.74, 6) is 1.42. The van der Waals surface area contributed by atoms with E-state index in [1.54, 1.807) is 49.6 Å². The highest BCUT2D eigenvalue weighted by molar-refractivity contribution is 7.99. The van der Waals surface area contributed by atoms with Crippen molar-refractivity contribution in [1.82, 2.24) is 30.0 Å². The van der Waals surface area contributed by atoms with E-state index in [0.29, 0.717) is 33.9 Å². The molecular formula is C31H39N9O4S2. The number of carbonyl (C=O) groups excluding carboxylic acids is 1. The van der Waals surface area contributed by atoms with Gasteiger partial charge in [0.05, 0.1) is 17.8 Å². The predicted octanol–water partition coefficient (Wildman–Crippen LogP) is 3.17. The molecule has 0 aliphatic carbocycles. The lowest BCUT2D eigenvalue weighted by molar-refractivity contribution is 0.1000. The number of aryl methyl sites for hydroxylation is 1. The summed E-state index contributed by atoms with van der Waals surface area (Å²) in [5.41, 5.74) is 7.01. The summed E-state index contributed by atoms with van der Waals surface area (Å²) in [5, 5.41) is 11.0. The van der Waals surface area contributed by atoms with Crippen LogP contribution in [-0.4, -0.2) is 105 Å². The van der Waals surface area contributed by atoms with Crippen LogP contribution in [0.3, 0.4) is 0 Å². The van der Waals surface area contributed by atoms with E-state index in [4.69, 9.17) is 20.4 Å². The van der Waals surface area contributed by atoms with Crippen LogP contribution in [0.15, 0.2) is 69.5 Å². The van der Waals surface area contributed by atoms with Crippen molar-refractivity contribution in [1.29, 1.82) is 0 Å². The number of primary amides is 1. The minimum atomic E-state index is -3.67. The zero-order valence-corrected chi connectivity index (χ0v) is 28.0. The Bertz CT molecular complexity index is 1770. The molecule has 1 aliphatic rings. The zero-order chi connectivity index (χ0) is 32.8. The fraction of sp³-hybridized carbons (Fsp3) is 0.355. The first-order valence-corrected chi connectivity index (χ1v) is 17.2. The summed E-state index contributed by atoms with van der Waals surface area (Å²) in [6, 6.07) is 14.8. The molecule has 15 heteroatoms. The number of hydrogen-bond donors (Lipinski definition) is 3. The topological polar surface area (TPSA) is 163 Å². The number of ether oxygens (including phenoxy) is 1. The van der Waals surface area contributed by atoms with E-state index in [0.717, 1.165) is 49.9 Å². The Balaban J connectivity index is 1.38. The van der Waals surface area contributed by atoms with Crippen LogP contribution in [0.1, 0.15) is 21.6 Å². The van der Waals surface area contributed by atoms with Gasteiger partial charge in [-0.3, -0.25) is 14.8 Å². The Morgan fingerprint density at radius 3 is 2.46 bits per heavy atom. The Morgan fingerprint density at radius 1 is 1.09 bits per heavy atom. The molecule has 0 radical (unpaired) electrons. The smallest absolute Gasteiger partial charge is 0.248 e. The number of aromatic nitrogens is 4. The molecule has 4 aromatic rings. The first kappa shape index (κ1) is 33.2. The van der Waals surface area contributed by atoms with Crippen molar-refractivity contribution in [3.05, 3.63) is 71.4 Å². The summed E-state index contributed by atoms with van der Waals surface area (Å²) >= 11 is 1.32. The second-order valence-electron chi connectivity index (χ2n) is 11.3. The molecule has 0 atom stereocenters. The number of piperazine rings is 1. The largest absolute Gasteiger partial charge is 0.490 e. The lowest BCUT2D eigenvalue weighted by Crippen LogP contribution is -2.48. The van der Waals surface area contributed by atoms with Crippen LogP contribution in [0.2, 0.25) is 0 Å². The fourth-order valence-corrected chi connectivity index (χ4v) is 7.10. The summed E-state index contributed by atoms with van der Waals surface area (Å²) in [6.45, 7) is 7.26. The molecule has 0 unspecified atom stereocenters. The molecule has 1 saturated heterocycles. The van der Waals surface area contributed by atoms with Gasteiger partial charge < -0.3 is 25.6 Å². The molecule has 1 fully saturated rings. The molecule has 0 saturated carbocycles. The number of aromatic amines is 1. The molecule has 2 aromatic carbocycles. The number of methoxy groups -OCH3 is 1. The van der Waals surface area contributed by atoms with E-state index in [9.17, 15) is 13.2 Å². The lowest BCUT2D eigenvalue weighted by Gasteiger charge is -2.36. The Labute approximate surface area is 273 Å². The van der Waals surface area contributed by atoms with Crippen molar-refractivity contribution < 1.29 is 17.9 Å². The van der Waals surface area contributed by atoms with Crippen LogP contribution >= 0.6 is 11.8 Å². The van der Waals surface area contributed by atoms with Gasteiger partial charge in [0.2, 0.25) is 11.7 Å². The van der Waals surface area contributed by atoms with Gasteiger partial charge in [-0.25, -0.2) is 18.4 Å². The van der Waals surface area contributed by atoms with Crippen molar-refractivity contribution in [3.63, 3.8) is 0 Å². The van der Waals surface area contributed by atoms with E-state index in [-0.39, 0.29) is 16.2 Å². The zero-order valence-electron chi connectivity index (χ0n) is 26.4. The predicted molar refractivity (Wildman–Crippen MR) is 179 cm³/mol. The van der Waals surface area contributed by atoms with Crippen molar-refractivity contribution in [2.75, 3.05) is 70.7 Å². The van der Waals surface area contributed by atoms with E-state index >= 15 is 0 Å². The van der Waals surface area contributed by atoms with E-state index in [1.165, 1.54) is 17.8 Å². The van der Waals surface area contributed by atoms with Gasteiger partial charge in [-0.15, -0.1) is 0 Å². The minimum Gasteiger partial charge on any atom is -0.490 e. The Hall–Kier alpha value is -4.18. The Kier molecular flexibility index (Phi) is 10.5. The third-order valence-electron chi connectivity index (χ3n) is 7.48. The number of nitrogens with one attached hydrogen (secondary N) is 2. The van der Waals surface area contributed by atoms with Crippen LogP contribution in [0.25, 0.3) is 0 Å². The maximum Gasteiger partial charge on any atom is 0.248 e. The second-order valence-corrected chi connectivity index (χ2v) is 14.3. The molecule has 0 spiro atoms. The van der Waals surface area contributed by atoms with Gasteiger partial charge in [-0.1, -0.05) is 12.1 Å². The van der Waals surface area contributed by atoms with E-state index < -0.39 is 15.7 Å². The summed E-state index contributed by atoms with van der Waals surface area (Å²) in [4.78, 5) is 29.0. The molecule has 1 aliphatic heterocycles. The monoisotopic (exact) mass is 665 g/mol. The van der Waals surface area contributed by atoms with Crippen LogP contribution in [0, 0.1) is 6.92 Å². The van der Waals surface area contributed by atoms with Crippen LogP contribution in [0.5, 0.6) is 5.75 Å². The molecule has 3 heterocycles. The van der Waals surface area contributed by atoms with Crippen LogP contribution < -0.4 is 20.7 Å². The molecule has 1 amide bonds. The van der Waals surface area contributed by atoms with Gasteiger partial charge in [0.15, 0.2) is 32.4 Å². The standard InChI is InChI=1S/C31H39N9O4S2/c1-21-18-26(37-36-21)33-29-27(44-4)30(40-16-14-39(15-17-40)13-12-38(2)3)35-31(34-29)45-24-8-10-25(11-9-24)46(42,43)20-22-6-5-7-23(19-22)28(32)41/h5-11,18-19H,12-17,20H2,1-4H3,(H2,32,41)(H2,33,34,35,36,37). The molecule has 5 rings (SSSR count). The summed E-state index contributed by atoms with van der Waals surface area (Å²) < 4.78 is 32.2. The highest BCUT2D eigenvalue weighted by Crippen LogP contribution is 2.38. The third-order valence-corrected chi connectivity index (χ3v) is 10.1. The average molecular weight is 666 g/mol. The normalized spacial score (nSPS) is 14.1. The van der Waals surface area contributed by atoms with Crippen molar-refractivity contribution in [2.45, 2.75) is 27.6 Å². The maximum atomic E-state index is 13.2. The van der Waals surface area contributed by atoms with Crippen molar-refractivity contribution in [3.8, 4) is 5.75 Å². The van der Waals surface area contributed by atoms with Crippen LogP contribution in [0.4, 0.5) is 17.5 Å². The van der Waals surface area contributed by atoms with Gasteiger partial charge in [0.25, 0.3) is 0 Å². The first-order valence-electron chi connectivity index (χ1n) is 14.8. The number of anilines is 3. The van der Waals surface area contributed by atoms with E-state index in [1.807, 2.05) is 13.0 Å². The van der Waals surface area contributed by atoms with Gasteiger partial charge in [0.1, 0.15) is 0 Å². The quantitative estimate of drug-likeness (QED) is 0.179. The first-order chi connectivity index (χ1) is 22.0. The number of nitrogens with zero attached hydrogens (tertiary/aromatic N) is 6. The lowest BCUT2D eigenvalue weighted by atomic mass is 10.1. The highest BCUT2D eigenvalue weighted by Gasteiger charge is 2.25. The Morgan fingerprint density at radius 2 is 1.83 bits per heavy atom. The minimum absolute atomic E-state index is 0.168. The van der Waals surface area contributed by atoms with Gasteiger partial charge in [0, 0.05) is 61.5 Å². The molecule has 4 N–H and O–H groups in total. The molecule has 13 nitrogen and oxygen atoms in total. The number of H-pyrrole nitrogens is 1. The highest BCUT2D eigenvalue weighted by atomic mass is 32.2. The number of hydrogen-bond acceptors (Lipinski definition) is 12. The molecule has 46 heavy (non-hydrogen) atoms. The number of likely N-dealkylation sites (N-methyl/N-ethyl adjacent to an activating group) is 1. The van der Waals surface area contributed by atoms with Crippen molar-refractivity contribution in [2.24, 2.45) is 5.73 Å². The molecule has 2 aromatic heterocycles. The van der Waals surface area contributed by atoms with E-state index in [2.05, 4.69) is 44.3 Å². The molecule has 0 bridgehead atoms. The fourth-order valence-electron chi connectivity index (χ4n) is 5.02. The number of nitrogens with two attached hydrogens (primary N) is 1. The van der Waals surface area contributed by atoms with Gasteiger partial charge >= 0.3 is 0 Å². The summed E-state index contributed by atoms with van der Waals surface area (Å²) in [7, 11) is 2.09. The van der Waals surface area contributed by atoms with Gasteiger partial charge in [-0.2, -0.15) is 5.10 Å². The molecule has 244 valence electrons. The molecular weight excluding hydrogens is 627 g/mol. The number of benzene rings is 2. The maximum absolute atomic E-state index is 13.2. The SMILES string of the molecule is COc1c(Nc2cc(C)[nH]n2)nc(Sc2ccc(S(=O)(=O)Cc3cccc(C(N)=O)c3)cc2)nc1N1CCN(CCN(C)C)CC1. The number of amides is 1.